The average Bonchev–Trinajstić information content (AvgIpc) is 2.72. The lowest BCUT2D eigenvalue weighted by Crippen LogP contribution is -2.29. The Morgan fingerprint density at radius 3 is 2.74 bits per heavy atom. The largest absolute Gasteiger partial charge is 0.391 e. The van der Waals surface area contributed by atoms with Crippen molar-refractivity contribution in [1.29, 1.82) is 0 Å². The Kier molecular flexibility index (Phi) is 5.72. The molecule has 1 unspecified atom stereocenters. The molecule has 1 aromatic heterocycles. The van der Waals surface area contributed by atoms with Gasteiger partial charge in [-0.15, -0.1) is 0 Å². The third kappa shape index (κ3) is 4.50. The Labute approximate surface area is 112 Å². The van der Waals surface area contributed by atoms with Gasteiger partial charge in [-0.3, -0.25) is 9.59 Å². The van der Waals surface area contributed by atoms with Crippen LogP contribution < -0.4 is 5.32 Å². The number of carbonyl (C=O) groups excluding carboxylic acids is 2. The Balaban J connectivity index is 2.52. The van der Waals surface area contributed by atoms with Gasteiger partial charge in [0, 0.05) is 32.5 Å². The highest BCUT2D eigenvalue weighted by Crippen LogP contribution is 2.08. The number of aromatic nitrogens is 1. The van der Waals surface area contributed by atoms with E-state index >= 15 is 0 Å². The number of Topliss-reactive ketones (excluding diaryl/α,β-unsaturated/α-hetero) is 1. The van der Waals surface area contributed by atoms with E-state index in [0.29, 0.717) is 24.2 Å². The number of amides is 1. The van der Waals surface area contributed by atoms with E-state index in [0.717, 1.165) is 0 Å². The molecule has 0 bridgehead atoms. The summed E-state index contributed by atoms with van der Waals surface area (Å²) in [7, 11) is 3.22. The molecular weight excluding hydrogens is 248 g/mol. The normalized spacial score (nSPS) is 12.2. The van der Waals surface area contributed by atoms with Gasteiger partial charge in [-0.1, -0.05) is 0 Å². The summed E-state index contributed by atoms with van der Waals surface area (Å²) in [6, 6.07) is 1.56. The molecule has 0 saturated carbocycles. The summed E-state index contributed by atoms with van der Waals surface area (Å²) in [5, 5.41) is 12.1. The molecule has 0 aliphatic rings. The summed E-state index contributed by atoms with van der Waals surface area (Å²) in [6.07, 6.45) is 1.45. The molecule has 0 radical (unpaired) electrons. The number of ketones is 1. The molecule has 6 heteroatoms. The maximum absolute atomic E-state index is 11.9. The number of nitrogens with zero attached hydrogens (tertiary/aromatic N) is 1. The number of carbonyl (C=O) groups is 2. The third-order valence-electron chi connectivity index (χ3n) is 2.77. The fraction of sp³-hybridized carbons (Fsp3) is 0.538. The van der Waals surface area contributed by atoms with Gasteiger partial charge in [0.05, 0.1) is 12.7 Å². The molecule has 1 atom stereocenters. The molecule has 0 fully saturated rings. The van der Waals surface area contributed by atoms with Crippen LogP contribution in [-0.4, -0.2) is 47.7 Å². The van der Waals surface area contributed by atoms with Crippen LogP contribution in [0.2, 0.25) is 0 Å². The van der Waals surface area contributed by atoms with Gasteiger partial charge < -0.3 is 19.7 Å². The highest BCUT2D eigenvalue weighted by Gasteiger charge is 2.13. The first-order valence-electron chi connectivity index (χ1n) is 6.08. The topological polar surface area (TPSA) is 80.6 Å². The van der Waals surface area contributed by atoms with Crippen molar-refractivity contribution < 1.29 is 19.4 Å². The van der Waals surface area contributed by atoms with Crippen molar-refractivity contribution >= 4 is 11.7 Å². The number of methoxy groups -OCH3 is 1. The molecule has 1 aromatic rings. The molecule has 19 heavy (non-hydrogen) atoms. The van der Waals surface area contributed by atoms with E-state index in [-0.39, 0.29) is 18.3 Å². The molecule has 2 N–H and O–H groups in total. The summed E-state index contributed by atoms with van der Waals surface area (Å²) in [5.41, 5.74) is 0.929. The Morgan fingerprint density at radius 2 is 2.21 bits per heavy atom. The number of hydrogen-bond donors (Lipinski definition) is 2. The van der Waals surface area contributed by atoms with Crippen molar-refractivity contribution in [1.82, 2.24) is 9.88 Å². The lowest BCUT2D eigenvalue weighted by Gasteiger charge is -2.10. The van der Waals surface area contributed by atoms with Gasteiger partial charge in [-0.05, 0) is 19.4 Å². The van der Waals surface area contributed by atoms with E-state index in [1.807, 2.05) is 0 Å². The van der Waals surface area contributed by atoms with Crippen molar-refractivity contribution in [3.05, 3.63) is 23.5 Å². The summed E-state index contributed by atoms with van der Waals surface area (Å²) >= 11 is 0. The van der Waals surface area contributed by atoms with Gasteiger partial charge in [0.25, 0.3) is 5.91 Å². The van der Waals surface area contributed by atoms with E-state index < -0.39 is 6.10 Å². The van der Waals surface area contributed by atoms with E-state index in [2.05, 4.69) is 5.32 Å². The molecule has 1 rings (SSSR count). The summed E-state index contributed by atoms with van der Waals surface area (Å²) < 4.78 is 6.40. The molecule has 0 saturated heterocycles. The van der Waals surface area contributed by atoms with Gasteiger partial charge in [0.1, 0.15) is 5.69 Å². The fourth-order valence-corrected chi connectivity index (χ4v) is 1.70. The maximum Gasteiger partial charge on any atom is 0.267 e. The van der Waals surface area contributed by atoms with Gasteiger partial charge in [-0.25, -0.2) is 0 Å². The number of ether oxygens (including phenoxy) is 1. The Hall–Kier alpha value is -1.66. The second kappa shape index (κ2) is 7.06. The molecular formula is C13H20N2O4. The molecule has 106 valence electrons. The lowest BCUT2D eigenvalue weighted by molar-refractivity contribution is 0.0587. The zero-order valence-electron chi connectivity index (χ0n) is 11.5. The molecule has 6 nitrogen and oxygen atoms in total. The van der Waals surface area contributed by atoms with Crippen molar-refractivity contribution in [2.24, 2.45) is 7.05 Å². The maximum atomic E-state index is 11.9. The van der Waals surface area contributed by atoms with E-state index in [1.165, 1.54) is 14.0 Å². The van der Waals surface area contributed by atoms with Gasteiger partial charge in [0.2, 0.25) is 0 Å². The quantitative estimate of drug-likeness (QED) is 0.699. The Morgan fingerprint density at radius 1 is 1.53 bits per heavy atom. The van der Waals surface area contributed by atoms with Crippen molar-refractivity contribution in [2.75, 3.05) is 20.3 Å². The zero-order chi connectivity index (χ0) is 14.4. The van der Waals surface area contributed by atoms with Crippen LogP contribution in [0, 0.1) is 0 Å². The molecule has 0 aromatic carbocycles. The van der Waals surface area contributed by atoms with Crippen LogP contribution in [-0.2, 0) is 11.8 Å². The number of hydrogen-bond acceptors (Lipinski definition) is 4. The lowest BCUT2D eigenvalue weighted by atomic mass is 10.2. The predicted molar refractivity (Wildman–Crippen MR) is 70.3 cm³/mol. The number of nitrogens with one attached hydrogen (secondary N) is 1. The first-order chi connectivity index (χ1) is 8.95. The highest BCUT2D eigenvalue weighted by molar-refractivity contribution is 5.99. The third-order valence-corrected chi connectivity index (χ3v) is 2.77. The monoisotopic (exact) mass is 268 g/mol. The minimum atomic E-state index is -0.591. The molecule has 1 heterocycles. The van der Waals surface area contributed by atoms with Crippen LogP contribution in [0.3, 0.4) is 0 Å². The van der Waals surface area contributed by atoms with Crippen LogP contribution in [0.15, 0.2) is 12.3 Å². The van der Waals surface area contributed by atoms with E-state index in [4.69, 9.17) is 4.74 Å². The predicted octanol–water partition coefficient (Wildman–Crippen LogP) is 0.355. The fourth-order valence-electron chi connectivity index (χ4n) is 1.70. The zero-order valence-corrected chi connectivity index (χ0v) is 11.5. The van der Waals surface area contributed by atoms with Crippen LogP contribution >= 0.6 is 0 Å². The number of aryl methyl sites for hydroxylation is 1. The second-order valence-electron chi connectivity index (χ2n) is 4.43. The molecule has 0 aliphatic carbocycles. The van der Waals surface area contributed by atoms with E-state index in [1.54, 1.807) is 23.9 Å². The number of rotatable bonds is 7. The van der Waals surface area contributed by atoms with Gasteiger partial charge in [0.15, 0.2) is 5.78 Å². The van der Waals surface area contributed by atoms with Crippen molar-refractivity contribution in [3.63, 3.8) is 0 Å². The first kappa shape index (κ1) is 15.4. The molecule has 1 amide bonds. The SMILES string of the molecule is COCC(O)CCNC(=O)c1cc(C(C)=O)cn1C. The average molecular weight is 268 g/mol. The smallest absolute Gasteiger partial charge is 0.267 e. The highest BCUT2D eigenvalue weighted by atomic mass is 16.5. The van der Waals surface area contributed by atoms with Crippen molar-refractivity contribution in [3.8, 4) is 0 Å². The number of aliphatic hydroxyl groups excluding tert-OH is 1. The Bertz CT molecular complexity index is 453. The molecule has 0 aliphatic heterocycles. The second-order valence-corrected chi connectivity index (χ2v) is 4.43. The van der Waals surface area contributed by atoms with Crippen LogP contribution in [0.5, 0.6) is 0 Å². The van der Waals surface area contributed by atoms with Crippen LogP contribution in [0.1, 0.15) is 34.2 Å². The van der Waals surface area contributed by atoms with Gasteiger partial charge >= 0.3 is 0 Å². The minimum Gasteiger partial charge on any atom is -0.391 e. The summed E-state index contributed by atoms with van der Waals surface area (Å²) in [4.78, 5) is 23.1. The minimum absolute atomic E-state index is 0.0785. The van der Waals surface area contributed by atoms with Gasteiger partial charge in [-0.2, -0.15) is 0 Å². The summed E-state index contributed by atoms with van der Waals surface area (Å²) in [6.45, 7) is 2.05. The van der Waals surface area contributed by atoms with Crippen molar-refractivity contribution in [2.45, 2.75) is 19.4 Å². The standard InChI is InChI=1S/C13H20N2O4/c1-9(16)10-6-12(15(2)7-10)13(18)14-5-4-11(17)8-19-3/h6-7,11,17H,4-5,8H2,1-3H3,(H,14,18). The van der Waals surface area contributed by atoms with Crippen LogP contribution in [0.4, 0.5) is 0 Å². The van der Waals surface area contributed by atoms with E-state index in [9.17, 15) is 14.7 Å². The summed E-state index contributed by atoms with van der Waals surface area (Å²) in [5.74, 6) is -0.343. The number of aliphatic hydroxyl groups is 1. The molecule has 0 spiro atoms. The van der Waals surface area contributed by atoms with Crippen LogP contribution in [0.25, 0.3) is 0 Å². The first-order valence-corrected chi connectivity index (χ1v) is 6.08.